The van der Waals surface area contributed by atoms with E-state index >= 15 is 0 Å². The van der Waals surface area contributed by atoms with Gasteiger partial charge in [-0.25, -0.2) is 4.79 Å². The van der Waals surface area contributed by atoms with Crippen molar-refractivity contribution in [2.75, 3.05) is 13.2 Å². The van der Waals surface area contributed by atoms with Gasteiger partial charge in [-0.15, -0.1) is 0 Å². The van der Waals surface area contributed by atoms with Crippen LogP contribution in [0.5, 0.6) is 5.75 Å². The molecule has 1 aromatic carbocycles. The van der Waals surface area contributed by atoms with Gasteiger partial charge >= 0.3 is 6.09 Å². The second-order valence-corrected chi connectivity index (χ2v) is 7.79. The number of hydrogen-bond donors (Lipinski definition) is 0. The van der Waals surface area contributed by atoms with Gasteiger partial charge < -0.3 is 14.2 Å². The second kappa shape index (κ2) is 7.19. The Labute approximate surface area is 148 Å². The Kier molecular flexibility index (Phi) is 5.66. The number of ether oxygens (including phenoxy) is 3. The van der Waals surface area contributed by atoms with Crippen molar-refractivity contribution >= 4 is 17.7 Å². The van der Waals surface area contributed by atoms with Crippen molar-refractivity contribution in [3.05, 3.63) is 29.3 Å². The third-order valence-corrected chi connectivity index (χ3v) is 3.95. The topological polar surface area (TPSA) is 48.0 Å². The Bertz CT molecular complexity index is 565. The molecular weight excluding hydrogens is 330 g/mol. The van der Waals surface area contributed by atoms with Gasteiger partial charge in [0, 0.05) is 11.4 Å². The molecule has 1 aliphatic heterocycles. The quantitative estimate of drug-likeness (QED) is 0.798. The summed E-state index contributed by atoms with van der Waals surface area (Å²) in [7, 11) is 0. The van der Waals surface area contributed by atoms with E-state index in [2.05, 4.69) is 0 Å². The van der Waals surface area contributed by atoms with Crippen LogP contribution < -0.4 is 4.74 Å². The first kappa shape index (κ1) is 18.9. The highest BCUT2D eigenvalue weighted by atomic mass is 35.5. The number of carbonyl (C=O) groups is 1. The van der Waals surface area contributed by atoms with Crippen LogP contribution in [0.3, 0.4) is 0 Å². The van der Waals surface area contributed by atoms with Crippen molar-refractivity contribution in [2.45, 2.75) is 58.4 Å². The van der Waals surface area contributed by atoms with E-state index in [4.69, 9.17) is 25.8 Å². The van der Waals surface area contributed by atoms with Gasteiger partial charge in [0.25, 0.3) is 0 Å². The third kappa shape index (κ3) is 5.02. The van der Waals surface area contributed by atoms with Gasteiger partial charge in [-0.3, -0.25) is 4.90 Å². The van der Waals surface area contributed by atoms with Gasteiger partial charge in [0.05, 0.1) is 19.3 Å². The van der Waals surface area contributed by atoms with E-state index in [-0.39, 0.29) is 12.1 Å². The SMILES string of the molecule is CC(C)(C)OC(=O)N1C(CCOc2ccc(Cl)cc2)COC1(C)C. The van der Waals surface area contributed by atoms with Gasteiger partial charge in [0.1, 0.15) is 17.1 Å². The lowest BCUT2D eigenvalue weighted by molar-refractivity contribution is -0.0629. The molecule has 1 unspecified atom stereocenters. The Morgan fingerprint density at radius 3 is 2.54 bits per heavy atom. The molecule has 0 aromatic heterocycles. The number of amides is 1. The molecule has 0 radical (unpaired) electrons. The lowest BCUT2D eigenvalue weighted by Crippen LogP contribution is -2.50. The van der Waals surface area contributed by atoms with Crippen LogP contribution in [0, 0.1) is 0 Å². The molecule has 1 aromatic rings. The maximum Gasteiger partial charge on any atom is 0.412 e. The van der Waals surface area contributed by atoms with E-state index in [0.29, 0.717) is 24.7 Å². The molecule has 2 rings (SSSR count). The molecule has 24 heavy (non-hydrogen) atoms. The van der Waals surface area contributed by atoms with Crippen LogP contribution in [0.15, 0.2) is 24.3 Å². The van der Waals surface area contributed by atoms with E-state index < -0.39 is 11.3 Å². The molecule has 6 heteroatoms. The zero-order valence-electron chi connectivity index (χ0n) is 15.0. The molecule has 1 heterocycles. The molecule has 0 N–H and O–H groups in total. The summed E-state index contributed by atoms with van der Waals surface area (Å²) in [6, 6.07) is 7.13. The molecule has 0 aliphatic carbocycles. The molecule has 1 saturated heterocycles. The van der Waals surface area contributed by atoms with Crippen LogP contribution in [-0.4, -0.2) is 41.6 Å². The number of nitrogens with zero attached hydrogens (tertiary/aromatic N) is 1. The Hall–Kier alpha value is -1.46. The fraction of sp³-hybridized carbons (Fsp3) is 0.611. The molecule has 1 amide bonds. The van der Waals surface area contributed by atoms with Crippen LogP contribution >= 0.6 is 11.6 Å². The Morgan fingerprint density at radius 2 is 1.96 bits per heavy atom. The largest absolute Gasteiger partial charge is 0.494 e. The smallest absolute Gasteiger partial charge is 0.412 e. The fourth-order valence-electron chi connectivity index (χ4n) is 2.62. The van der Waals surface area contributed by atoms with Crippen LogP contribution in [0.1, 0.15) is 41.0 Å². The summed E-state index contributed by atoms with van der Waals surface area (Å²) in [6.07, 6.45) is 0.298. The lowest BCUT2D eigenvalue weighted by Gasteiger charge is -2.35. The molecule has 0 spiro atoms. The molecule has 1 aliphatic rings. The van der Waals surface area contributed by atoms with E-state index in [9.17, 15) is 4.79 Å². The van der Waals surface area contributed by atoms with Gasteiger partial charge in [-0.2, -0.15) is 0 Å². The van der Waals surface area contributed by atoms with Crippen molar-refractivity contribution < 1.29 is 19.0 Å². The summed E-state index contributed by atoms with van der Waals surface area (Å²) in [6.45, 7) is 10.3. The Morgan fingerprint density at radius 1 is 1.33 bits per heavy atom. The van der Waals surface area contributed by atoms with Gasteiger partial charge in [-0.1, -0.05) is 11.6 Å². The number of carbonyl (C=O) groups excluding carboxylic acids is 1. The maximum absolute atomic E-state index is 12.5. The fourth-order valence-corrected chi connectivity index (χ4v) is 2.75. The van der Waals surface area contributed by atoms with E-state index in [1.807, 2.05) is 46.8 Å². The van der Waals surface area contributed by atoms with Crippen molar-refractivity contribution in [1.29, 1.82) is 0 Å². The first-order valence-corrected chi connectivity index (χ1v) is 8.51. The van der Waals surface area contributed by atoms with Crippen molar-refractivity contribution in [2.24, 2.45) is 0 Å². The number of hydrogen-bond acceptors (Lipinski definition) is 4. The summed E-state index contributed by atoms with van der Waals surface area (Å²) in [5.74, 6) is 0.751. The summed E-state index contributed by atoms with van der Waals surface area (Å²) < 4.78 is 17.0. The van der Waals surface area contributed by atoms with Crippen molar-refractivity contribution in [1.82, 2.24) is 4.90 Å². The van der Waals surface area contributed by atoms with Crippen LogP contribution in [0.2, 0.25) is 5.02 Å². The van der Waals surface area contributed by atoms with Crippen LogP contribution in [0.4, 0.5) is 4.79 Å². The molecule has 1 atom stereocenters. The highest BCUT2D eigenvalue weighted by Gasteiger charge is 2.45. The predicted molar refractivity (Wildman–Crippen MR) is 93.5 cm³/mol. The van der Waals surface area contributed by atoms with Crippen LogP contribution in [0.25, 0.3) is 0 Å². The zero-order valence-corrected chi connectivity index (χ0v) is 15.7. The summed E-state index contributed by atoms with van der Waals surface area (Å²) in [4.78, 5) is 14.2. The monoisotopic (exact) mass is 355 g/mol. The van der Waals surface area contributed by atoms with Gasteiger partial charge in [0.2, 0.25) is 0 Å². The summed E-state index contributed by atoms with van der Waals surface area (Å²) in [5, 5.41) is 0.671. The first-order valence-electron chi connectivity index (χ1n) is 8.13. The standard InChI is InChI=1S/C18H26ClNO4/c1-17(2,3)24-16(21)20-14(12-23-18(20,4)5)10-11-22-15-8-6-13(19)7-9-15/h6-9,14H,10-12H2,1-5H3. The average Bonchev–Trinajstić information content (AvgIpc) is 2.74. The van der Waals surface area contributed by atoms with Crippen LogP contribution in [-0.2, 0) is 9.47 Å². The first-order chi connectivity index (χ1) is 11.1. The van der Waals surface area contributed by atoms with Crippen molar-refractivity contribution in [3.63, 3.8) is 0 Å². The Balaban J connectivity index is 1.95. The minimum absolute atomic E-state index is 0.0813. The molecular formula is C18H26ClNO4. The highest BCUT2D eigenvalue weighted by molar-refractivity contribution is 6.30. The van der Waals surface area contributed by atoms with E-state index in [0.717, 1.165) is 5.75 Å². The maximum atomic E-state index is 12.5. The average molecular weight is 356 g/mol. The molecule has 0 bridgehead atoms. The number of halogens is 1. The van der Waals surface area contributed by atoms with Crippen molar-refractivity contribution in [3.8, 4) is 5.75 Å². The summed E-state index contributed by atoms with van der Waals surface area (Å²) >= 11 is 5.86. The lowest BCUT2D eigenvalue weighted by atomic mass is 10.1. The van der Waals surface area contributed by atoms with E-state index in [1.54, 1.807) is 17.0 Å². The molecule has 1 fully saturated rings. The highest BCUT2D eigenvalue weighted by Crippen LogP contribution is 2.31. The second-order valence-electron chi connectivity index (χ2n) is 7.35. The zero-order chi connectivity index (χ0) is 18.0. The molecule has 134 valence electrons. The predicted octanol–water partition coefficient (Wildman–Crippen LogP) is 4.48. The minimum Gasteiger partial charge on any atom is -0.494 e. The molecule has 0 saturated carbocycles. The van der Waals surface area contributed by atoms with Gasteiger partial charge in [0.15, 0.2) is 0 Å². The summed E-state index contributed by atoms with van der Waals surface area (Å²) in [5.41, 5.74) is -1.23. The third-order valence-electron chi connectivity index (χ3n) is 3.70. The van der Waals surface area contributed by atoms with Gasteiger partial charge in [-0.05, 0) is 58.9 Å². The normalized spacial score (nSPS) is 20.1. The molecule has 5 nitrogen and oxygen atoms in total. The van der Waals surface area contributed by atoms with E-state index in [1.165, 1.54) is 0 Å². The number of rotatable bonds is 4. The number of benzene rings is 1. The minimum atomic E-state index is -0.687.